The van der Waals surface area contributed by atoms with Gasteiger partial charge in [0, 0.05) is 30.1 Å². The van der Waals surface area contributed by atoms with Crippen LogP contribution in [0.2, 0.25) is 0 Å². The first-order valence-corrected chi connectivity index (χ1v) is 11.3. The van der Waals surface area contributed by atoms with E-state index in [-0.39, 0.29) is 0 Å². The number of rotatable bonds is 4. The number of nitrogens with one attached hydrogen (secondary N) is 1. The number of aromatic nitrogens is 5. The summed E-state index contributed by atoms with van der Waals surface area (Å²) in [5.41, 5.74) is 6.69. The van der Waals surface area contributed by atoms with E-state index in [1.165, 1.54) is 24.2 Å². The van der Waals surface area contributed by atoms with Crippen LogP contribution in [0.15, 0.2) is 18.5 Å². The van der Waals surface area contributed by atoms with Crippen LogP contribution in [0.5, 0.6) is 0 Å². The zero-order valence-corrected chi connectivity index (χ0v) is 18.1. The normalized spacial score (nSPS) is 17.0. The summed E-state index contributed by atoms with van der Waals surface area (Å²) in [5, 5.41) is 13.4. The van der Waals surface area contributed by atoms with Gasteiger partial charge in [0.05, 0.1) is 33.3 Å². The molecule has 5 heterocycles. The highest BCUT2D eigenvalue weighted by atomic mass is 32.1. The summed E-state index contributed by atoms with van der Waals surface area (Å²) < 4.78 is 1.06. The molecule has 1 aliphatic heterocycles. The van der Waals surface area contributed by atoms with Crippen molar-refractivity contribution in [3.05, 3.63) is 41.1 Å². The average molecular weight is 418 g/mol. The molecule has 0 aromatic carbocycles. The molecule has 0 radical (unpaired) electrons. The predicted molar refractivity (Wildman–Crippen MR) is 121 cm³/mol. The molecule has 152 valence electrons. The molecule has 8 heteroatoms. The summed E-state index contributed by atoms with van der Waals surface area (Å²) in [4.78, 5) is 17.2. The molecule has 1 saturated heterocycles. The van der Waals surface area contributed by atoms with Gasteiger partial charge in [-0.05, 0) is 51.3 Å². The molecule has 2 fully saturated rings. The SMILES string of the molecule is Cc1nc(C2CC2)ccc1N1CC(Nc2ncnc3c2sc2nnc(C)c(C)c23)C1. The van der Waals surface area contributed by atoms with Gasteiger partial charge in [0.25, 0.3) is 0 Å². The molecule has 0 amide bonds. The van der Waals surface area contributed by atoms with Gasteiger partial charge in [0.1, 0.15) is 17.0 Å². The van der Waals surface area contributed by atoms with E-state index >= 15 is 0 Å². The lowest BCUT2D eigenvalue weighted by Crippen LogP contribution is -2.55. The van der Waals surface area contributed by atoms with Crippen molar-refractivity contribution >= 4 is 43.3 Å². The van der Waals surface area contributed by atoms with Crippen molar-refractivity contribution in [1.82, 2.24) is 25.1 Å². The Balaban J connectivity index is 1.23. The maximum atomic E-state index is 4.83. The highest BCUT2D eigenvalue weighted by Crippen LogP contribution is 2.40. The Hall–Kier alpha value is -2.87. The lowest BCUT2D eigenvalue weighted by molar-refractivity contribution is 0.547. The minimum absolute atomic E-state index is 0.352. The van der Waals surface area contributed by atoms with E-state index in [0.29, 0.717) is 12.0 Å². The summed E-state index contributed by atoms with van der Waals surface area (Å²) >= 11 is 1.61. The zero-order chi connectivity index (χ0) is 20.4. The molecule has 30 heavy (non-hydrogen) atoms. The highest BCUT2D eigenvalue weighted by Gasteiger charge is 2.31. The molecule has 4 aromatic heterocycles. The van der Waals surface area contributed by atoms with Crippen molar-refractivity contribution in [3.8, 4) is 0 Å². The van der Waals surface area contributed by atoms with Crippen molar-refractivity contribution in [2.24, 2.45) is 0 Å². The van der Waals surface area contributed by atoms with Crippen LogP contribution < -0.4 is 10.2 Å². The van der Waals surface area contributed by atoms with Crippen LogP contribution in [0.25, 0.3) is 20.4 Å². The average Bonchev–Trinajstić information content (AvgIpc) is 3.48. The van der Waals surface area contributed by atoms with E-state index in [1.54, 1.807) is 17.7 Å². The minimum Gasteiger partial charge on any atom is -0.366 e. The van der Waals surface area contributed by atoms with Crippen molar-refractivity contribution in [2.75, 3.05) is 23.3 Å². The second-order valence-corrected chi connectivity index (χ2v) is 9.45. The van der Waals surface area contributed by atoms with Gasteiger partial charge in [-0.15, -0.1) is 16.4 Å². The Morgan fingerprint density at radius 2 is 1.87 bits per heavy atom. The van der Waals surface area contributed by atoms with E-state index in [4.69, 9.17) is 4.98 Å². The third-order valence-electron chi connectivity index (χ3n) is 6.30. The number of pyridine rings is 1. The van der Waals surface area contributed by atoms with Crippen LogP contribution in [0.1, 0.15) is 41.4 Å². The van der Waals surface area contributed by atoms with Crippen molar-refractivity contribution in [1.29, 1.82) is 0 Å². The number of nitrogens with zero attached hydrogens (tertiary/aromatic N) is 6. The molecule has 2 aliphatic rings. The Morgan fingerprint density at radius 1 is 1.03 bits per heavy atom. The van der Waals surface area contributed by atoms with Crippen LogP contribution in [-0.4, -0.2) is 44.3 Å². The summed E-state index contributed by atoms with van der Waals surface area (Å²) in [6.45, 7) is 8.09. The number of anilines is 2. The lowest BCUT2D eigenvalue weighted by Gasteiger charge is -2.42. The Bertz CT molecular complexity index is 1290. The molecule has 6 rings (SSSR count). The van der Waals surface area contributed by atoms with Crippen LogP contribution in [0, 0.1) is 20.8 Å². The quantitative estimate of drug-likeness (QED) is 0.535. The first kappa shape index (κ1) is 17.9. The van der Waals surface area contributed by atoms with E-state index in [9.17, 15) is 0 Å². The molecule has 1 N–H and O–H groups in total. The predicted octanol–water partition coefficient (Wildman–Crippen LogP) is 4.13. The number of fused-ring (bicyclic) bond motifs is 3. The summed E-state index contributed by atoms with van der Waals surface area (Å²) in [7, 11) is 0. The lowest BCUT2D eigenvalue weighted by atomic mass is 10.1. The zero-order valence-electron chi connectivity index (χ0n) is 17.3. The molecule has 4 aromatic rings. The van der Waals surface area contributed by atoms with Gasteiger partial charge in [0.2, 0.25) is 0 Å². The molecular formula is C22H23N7S. The largest absolute Gasteiger partial charge is 0.366 e. The maximum absolute atomic E-state index is 4.83. The second kappa shape index (κ2) is 6.57. The first-order valence-electron chi connectivity index (χ1n) is 10.4. The number of hydrogen-bond acceptors (Lipinski definition) is 8. The van der Waals surface area contributed by atoms with E-state index in [1.807, 2.05) is 6.92 Å². The topological polar surface area (TPSA) is 79.7 Å². The summed E-state index contributed by atoms with van der Waals surface area (Å²) in [6.07, 6.45) is 4.22. The Labute approximate surface area is 178 Å². The second-order valence-electron chi connectivity index (χ2n) is 8.45. The van der Waals surface area contributed by atoms with Crippen LogP contribution in [0.4, 0.5) is 11.5 Å². The van der Waals surface area contributed by atoms with Gasteiger partial charge in [0.15, 0.2) is 0 Å². The fraction of sp³-hybridized carbons (Fsp3) is 0.409. The van der Waals surface area contributed by atoms with Gasteiger partial charge in [-0.2, -0.15) is 5.10 Å². The van der Waals surface area contributed by atoms with Crippen LogP contribution in [0.3, 0.4) is 0 Å². The van der Waals surface area contributed by atoms with Crippen molar-refractivity contribution in [2.45, 2.75) is 45.6 Å². The van der Waals surface area contributed by atoms with E-state index in [0.717, 1.165) is 56.3 Å². The summed E-state index contributed by atoms with van der Waals surface area (Å²) in [5.74, 6) is 1.59. The van der Waals surface area contributed by atoms with Crippen LogP contribution in [-0.2, 0) is 0 Å². The monoisotopic (exact) mass is 417 g/mol. The maximum Gasteiger partial charge on any atom is 0.149 e. The van der Waals surface area contributed by atoms with Crippen molar-refractivity contribution < 1.29 is 0 Å². The number of aryl methyl sites for hydroxylation is 3. The molecule has 1 saturated carbocycles. The van der Waals surface area contributed by atoms with Gasteiger partial charge in [-0.1, -0.05) is 0 Å². The van der Waals surface area contributed by atoms with E-state index < -0.39 is 0 Å². The number of thiophene rings is 1. The molecule has 0 unspecified atom stereocenters. The van der Waals surface area contributed by atoms with Gasteiger partial charge in [-0.25, -0.2) is 9.97 Å². The van der Waals surface area contributed by atoms with Gasteiger partial charge in [-0.3, -0.25) is 4.98 Å². The number of hydrogen-bond donors (Lipinski definition) is 1. The van der Waals surface area contributed by atoms with E-state index in [2.05, 4.69) is 56.4 Å². The smallest absolute Gasteiger partial charge is 0.149 e. The standard InChI is InChI=1S/C22H23N7S/c1-11-12(2)27-28-22-18(11)19-20(30-22)21(24-10-23-19)26-15-8-29(9-15)17-7-6-16(14-4-5-14)25-13(17)3/h6-7,10,14-15H,4-5,8-9H2,1-3H3,(H,23,24,26). The molecule has 1 aliphatic carbocycles. The highest BCUT2D eigenvalue weighted by molar-refractivity contribution is 7.25. The molecular weight excluding hydrogens is 394 g/mol. The molecule has 0 atom stereocenters. The Kier molecular flexibility index (Phi) is 3.93. The summed E-state index contributed by atoms with van der Waals surface area (Å²) in [6, 6.07) is 4.80. The molecule has 7 nitrogen and oxygen atoms in total. The first-order chi connectivity index (χ1) is 14.6. The minimum atomic E-state index is 0.352. The van der Waals surface area contributed by atoms with Gasteiger partial charge >= 0.3 is 0 Å². The van der Waals surface area contributed by atoms with Crippen molar-refractivity contribution in [3.63, 3.8) is 0 Å². The van der Waals surface area contributed by atoms with Crippen LogP contribution >= 0.6 is 11.3 Å². The fourth-order valence-electron chi connectivity index (χ4n) is 4.26. The third-order valence-corrected chi connectivity index (χ3v) is 7.37. The molecule has 0 spiro atoms. The Morgan fingerprint density at radius 3 is 2.63 bits per heavy atom. The third kappa shape index (κ3) is 2.81. The van der Waals surface area contributed by atoms with Gasteiger partial charge < -0.3 is 10.2 Å². The fourth-order valence-corrected chi connectivity index (χ4v) is 5.35. The molecule has 0 bridgehead atoms.